The summed E-state index contributed by atoms with van der Waals surface area (Å²) in [4.78, 5) is 15.7. The molecule has 1 aliphatic carbocycles. The highest BCUT2D eigenvalue weighted by Crippen LogP contribution is 2.44. The molecule has 39 heavy (non-hydrogen) atoms. The highest BCUT2D eigenvalue weighted by molar-refractivity contribution is 6.22. The van der Waals surface area contributed by atoms with E-state index in [0.29, 0.717) is 0 Å². The van der Waals surface area contributed by atoms with Crippen LogP contribution in [0.5, 0.6) is 0 Å². The minimum absolute atomic E-state index is 0.0816. The fourth-order valence-electron chi connectivity index (χ4n) is 5.55. The Morgan fingerprint density at radius 1 is 0.359 bits per heavy atom. The Morgan fingerprint density at radius 3 is 1.59 bits per heavy atom. The zero-order valence-electron chi connectivity index (χ0n) is 21.3. The van der Waals surface area contributed by atoms with Crippen LogP contribution in [0.15, 0.2) is 152 Å². The first-order valence-corrected chi connectivity index (χ1v) is 13.2. The summed E-state index contributed by atoms with van der Waals surface area (Å²) in [6.45, 7) is 0. The minimum atomic E-state index is 0.0816. The van der Waals surface area contributed by atoms with Crippen molar-refractivity contribution >= 4 is 22.8 Å². The predicted molar refractivity (Wildman–Crippen MR) is 161 cm³/mol. The quantitative estimate of drug-likeness (QED) is 0.235. The lowest BCUT2D eigenvalue weighted by atomic mass is 10.00. The molecule has 0 bridgehead atoms. The molecule has 0 unspecified atom stereocenters. The van der Waals surface area contributed by atoms with Gasteiger partial charge in [-0.3, -0.25) is 4.79 Å². The fraction of sp³-hybridized carbons (Fsp3) is 0. The molecule has 0 amide bonds. The molecule has 0 fully saturated rings. The Kier molecular flexibility index (Phi) is 5.64. The number of hydrogen-bond acceptors (Lipinski definition) is 2. The summed E-state index contributed by atoms with van der Waals surface area (Å²) >= 11 is 0. The molecule has 0 aromatic heterocycles. The van der Waals surface area contributed by atoms with Crippen LogP contribution < -0.4 is 4.90 Å². The average molecular weight is 500 g/mol. The van der Waals surface area contributed by atoms with Gasteiger partial charge in [-0.1, -0.05) is 121 Å². The monoisotopic (exact) mass is 499 g/mol. The van der Waals surface area contributed by atoms with E-state index in [1.165, 1.54) is 5.56 Å². The Morgan fingerprint density at radius 2 is 0.872 bits per heavy atom. The number of anilines is 3. The van der Waals surface area contributed by atoms with E-state index in [-0.39, 0.29) is 5.78 Å². The molecule has 0 spiro atoms. The summed E-state index contributed by atoms with van der Waals surface area (Å²) < 4.78 is 0. The Bertz CT molecular complexity index is 1800. The SMILES string of the molecule is O=C1c2ccccc2-c2ccc(N(c3ccc(-c4ccccc4)cc3)c3ccccc3-c3ccccc3)cc21. The normalized spacial score (nSPS) is 11.6. The topological polar surface area (TPSA) is 20.3 Å². The number of carbonyl (C=O) groups is 1. The summed E-state index contributed by atoms with van der Waals surface area (Å²) in [5.74, 6) is 0.0816. The number of hydrogen-bond donors (Lipinski definition) is 0. The van der Waals surface area contributed by atoms with Crippen LogP contribution in [0.1, 0.15) is 15.9 Å². The molecule has 0 saturated carbocycles. The zero-order valence-corrected chi connectivity index (χ0v) is 21.3. The van der Waals surface area contributed by atoms with E-state index in [1.54, 1.807) is 0 Å². The zero-order chi connectivity index (χ0) is 26.2. The van der Waals surface area contributed by atoms with Gasteiger partial charge in [-0.05, 0) is 58.1 Å². The molecule has 2 heteroatoms. The van der Waals surface area contributed by atoms with Gasteiger partial charge in [-0.25, -0.2) is 0 Å². The lowest BCUT2D eigenvalue weighted by molar-refractivity contribution is 0.104. The van der Waals surface area contributed by atoms with Crippen molar-refractivity contribution < 1.29 is 4.79 Å². The summed E-state index contributed by atoms with van der Waals surface area (Å²) in [7, 11) is 0. The van der Waals surface area contributed by atoms with Crippen molar-refractivity contribution in [2.24, 2.45) is 0 Å². The molecular weight excluding hydrogens is 474 g/mol. The van der Waals surface area contributed by atoms with Gasteiger partial charge in [0.1, 0.15) is 0 Å². The van der Waals surface area contributed by atoms with Gasteiger partial charge in [0.15, 0.2) is 5.78 Å². The highest BCUT2D eigenvalue weighted by Gasteiger charge is 2.28. The molecule has 0 heterocycles. The Balaban J connectivity index is 1.40. The second-order valence-corrected chi connectivity index (χ2v) is 9.74. The molecule has 0 aliphatic heterocycles. The molecule has 1 aliphatic rings. The van der Waals surface area contributed by atoms with Crippen molar-refractivity contribution in [3.63, 3.8) is 0 Å². The third-order valence-corrected chi connectivity index (χ3v) is 7.43. The van der Waals surface area contributed by atoms with Gasteiger partial charge >= 0.3 is 0 Å². The molecule has 184 valence electrons. The van der Waals surface area contributed by atoms with E-state index >= 15 is 0 Å². The van der Waals surface area contributed by atoms with Crippen LogP contribution in [0.2, 0.25) is 0 Å². The van der Waals surface area contributed by atoms with Crippen molar-refractivity contribution in [1.29, 1.82) is 0 Å². The summed E-state index contributed by atoms with van der Waals surface area (Å²) in [5.41, 5.74) is 11.2. The van der Waals surface area contributed by atoms with E-state index < -0.39 is 0 Å². The van der Waals surface area contributed by atoms with E-state index in [9.17, 15) is 4.79 Å². The fourth-order valence-corrected chi connectivity index (χ4v) is 5.55. The molecule has 2 nitrogen and oxygen atoms in total. The lowest BCUT2D eigenvalue weighted by Gasteiger charge is -2.28. The second kappa shape index (κ2) is 9.59. The summed E-state index contributed by atoms with van der Waals surface area (Å²) in [6.07, 6.45) is 0. The number of ketones is 1. The lowest BCUT2D eigenvalue weighted by Crippen LogP contribution is -2.12. The molecule has 0 N–H and O–H groups in total. The average Bonchev–Trinajstić information content (AvgIpc) is 3.30. The van der Waals surface area contributed by atoms with Crippen LogP contribution in [0.3, 0.4) is 0 Å². The van der Waals surface area contributed by atoms with Crippen LogP contribution in [0, 0.1) is 0 Å². The molecule has 6 aromatic rings. The van der Waals surface area contributed by atoms with E-state index in [0.717, 1.165) is 56.0 Å². The molecular formula is C37H25NO. The van der Waals surface area contributed by atoms with Crippen molar-refractivity contribution in [3.05, 3.63) is 163 Å². The number of nitrogens with zero attached hydrogens (tertiary/aromatic N) is 1. The van der Waals surface area contributed by atoms with Crippen LogP contribution >= 0.6 is 0 Å². The maximum Gasteiger partial charge on any atom is 0.194 e. The highest BCUT2D eigenvalue weighted by atomic mass is 16.1. The van der Waals surface area contributed by atoms with Crippen LogP contribution in [0.4, 0.5) is 17.1 Å². The van der Waals surface area contributed by atoms with Gasteiger partial charge in [0.2, 0.25) is 0 Å². The predicted octanol–water partition coefficient (Wildman–Crippen LogP) is 9.70. The Hall–Kier alpha value is -5.21. The van der Waals surface area contributed by atoms with Crippen LogP contribution in [-0.2, 0) is 0 Å². The molecule has 0 saturated heterocycles. The number of rotatable bonds is 5. The standard InChI is InChI=1S/C37H25NO/c39-37-34-17-8-7-16-32(34)33-24-23-30(25-35(33)37)38(29-21-19-27(20-22-29)26-11-3-1-4-12-26)36-18-10-9-15-31(36)28-13-5-2-6-14-28/h1-25H. The first-order chi connectivity index (χ1) is 19.3. The molecule has 0 radical (unpaired) electrons. The smallest absolute Gasteiger partial charge is 0.194 e. The van der Waals surface area contributed by atoms with Gasteiger partial charge in [-0.15, -0.1) is 0 Å². The van der Waals surface area contributed by atoms with Gasteiger partial charge in [0.05, 0.1) is 5.69 Å². The van der Waals surface area contributed by atoms with Gasteiger partial charge < -0.3 is 4.90 Å². The van der Waals surface area contributed by atoms with E-state index in [2.05, 4.69) is 114 Å². The first kappa shape index (κ1) is 22.9. The molecule has 0 atom stereocenters. The maximum absolute atomic E-state index is 13.4. The maximum atomic E-state index is 13.4. The summed E-state index contributed by atoms with van der Waals surface area (Å²) in [6, 6.07) is 52.1. The number of fused-ring (bicyclic) bond motifs is 3. The first-order valence-electron chi connectivity index (χ1n) is 13.2. The van der Waals surface area contributed by atoms with Gasteiger partial charge in [0, 0.05) is 28.1 Å². The van der Waals surface area contributed by atoms with Crippen molar-refractivity contribution in [1.82, 2.24) is 0 Å². The van der Waals surface area contributed by atoms with Crippen LogP contribution in [0.25, 0.3) is 33.4 Å². The van der Waals surface area contributed by atoms with Crippen LogP contribution in [-0.4, -0.2) is 5.78 Å². The Labute approximate surface area is 228 Å². The van der Waals surface area contributed by atoms with Crippen molar-refractivity contribution in [2.45, 2.75) is 0 Å². The number of benzene rings is 6. The van der Waals surface area contributed by atoms with Gasteiger partial charge in [-0.2, -0.15) is 0 Å². The second-order valence-electron chi connectivity index (χ2n) is 9.74. The largest absolute Gasteiger partial charge is 0.310 e. The summed E-state index contributed by atoms with van der Waals surface area (Å²) in [5, 5.41) is 0. The van der Waals surface area contributed by atoms with Crippen molar-refractivity contribution in [2.75, 3.05) is 4.90 Å². The third kappa shape index (κ3) is 4.03. The van der Waals surface area contributed by atoms with Gasteiger partial charge in [0.25, 0.3) is 0 Å². The number of carbonyl (C=O) groups excluding carboxylic acids is 1. The van der Waals surface area contributed by atoms with E-state index in [4.69, 9.17) is 0 Å². The molecule has 6 aromatic carbocycles. The molecule has 7 rings (SSSR count). The minimum Gasteiger partial charge on any atom is -0.310 e. The third-order valence-electron chi connectivity index (χ3n) is 7.43. The van der Waals surface area contributed by atoms with Crippen molar-refractivity contribution in [3.8, 4) is 33.4 Å². The van der Waals surface area contributed by atoms with E-state index in [1.807, 2.05) is 42.5 Å². The number of para-hydroxylation sites is 1.